The Morgan fingerprint density at radius 2 is 1.95 bits per heavy atom. The van der Waals surface area contributed by atoms with Crippen LogP contribution in [0.4, 0.5) is 14.5 Å². The van der Waals surface area contributed by atoms with Crippen molar-refractivity contribution in [1.82, 2.24) is 10.3 Å². The lowest BCUT2D eigenvalue weighted by atomic mass is 9.90. The predicted octanol–water partition coefficient (Wildman–Crippen LogP) is 5.31. The van der Waals surface area contributed by atoms with Crippen LogP contribution in [0.2, 0.25) is 5.02 Å². The number of amides is 1. The number of carboxylic acid groups (broad SMARTS) is 1. The summed E-state index contributed by atoms with van der Waals surface area (Å²) >= 11 is 6.24. The van der Waals surface area contributed by atoms with Crippen molar-refractivity contribution in [2.75, 3.05) is 5.32 Å². The molecule has 1 atom stereocenters. The first kappa shape index (κ1) is 25.4. The van der Waals surface area contributed by atoms with Gasteiger partial charge in [-0.25, -0.2) is 0 Å². The number of rotatable bonds is 11. The van der Waals surface area contributed by atoms with Gasteiger partial charge in [0, 0.05) is 35.9 Å². The van der Waals surface area contributed by atoms with Gasteiger partial charge in [0.1, 0.15) is 0 Å². The van der Waals surface area contributed by atoms with Crippen molar-refractivity contribution in [3.63, 3.8) is 0 Å². The summed E-state index contributed by atoms with van der Waals surface area (Å²) in [4.78, 5) is 24.2. The molecule has 2 aliphatic rings. The van der Waals surface area contributed by atoms with Gasteiger partial charge in [0.25, 0.3) is 0 Å². The lowest BCUT2D eigenvalue weighted by molar-refractivity contribution is -0.305. The van der Waals surface area contributed by atoms with Gasteiger partial charge in [-0.05, 0) is 69.1 Å². The van der Waals surface area contributed by atoms with Crippen LogP contribution in [-0.4, -0.2) is 22.2 Å². The molecule has 196 valence electrons. The van der Waals surface area contributed by atoms with Crippen LogP contribution < -0.4 is 10.4 Å². The van der Waals surface area contributed by atoms with Gasteiger partial charge < -0.3 is 24.3 Å². The largest absolute Gasteiger partial charge is 0.550 e. The predicted molar refractivity (Wildman–Crippen MR) is 127 cm³/mol. The SMILES string of the molecule is Cc1ccc(NC(=O)C[C@H](CCC(=O)[O-])c2noc(-c3cc(C(F)(F)C4CC4)on3)c2C2CC2)c(Cl)c1. The highest BCUT2D eigenvalue weighted by molar-refractivity contribution is 6.33. The minimum absolute atomic E-state index is 0.0420. The Kier molecular flexibility index (Phi) is 6.78. The Morgan fingerprint density at radius 3 is 2.59 bits per heavy atom. The number of benzene rings is 1. The summed E-state index contributed by atoms with van der Waals surface area (Å²) < 4.78 is 39.6. The molecule has 1 N–H and O–H groups in total. The van der Waals surface area contributed by atoms with E-state index >= 15 is 0 Å². The molecule has 0 spiro atoms. The number of halogens is 3. The van der Waals surface area contributed by atoms with E-state index in [1.165, 1.54) is 6.07 Å². The summed E-state index contributed by atoms with van der Waals surface area (Å²) in [6.07, 6.45) is 2.19. The molecule has 2 aliphatic carbocycles. The van der Waals surface area contributed by atoms with E-state index in [-0.39, 0.29) is 42.5 Å². The minimum Gasteiger partial charge on any atom is -0.550 e. The summed E-state index contributed by atoms with van der Waals surface area (Å²) in [5, 5.41) is 22.4. The fraction of sp³-hybridized carbons (Fsp3) is 0.462. The maximum absolute atomic E-state index is 14.5. The number of anilines is 1. The third kappa shape index (κ3) is 5.53. The molecule has 2 saturated carbocycles. The van der Waals surface area contributed by atoms with Gasteiger partial charge in [-0.15, -0.1) is 0 Å². The molecule has 11 heteroatoms. The van der Waals surface area contributed by atoms with Gasteiger partial charge in [0.2, 0.25) is 11.7 Å². The van der Waals surface area contributed by atoms with Crippen molar-refractivity contribution in [1.29, 1.82) is 0 Å². The highest BCUT2D eigenvalue weighted by Gasteiger charge is 2.51. The quantitative estimate of drug-likeness (QED) is 0.355. The molecule has 0 saturated heterocycles. The number of aromatic nitrogens is 2. The molecule has 5 rings (SSSR count). The van der Waals surface area contributed by atoms with Gasteiger partial charge in [-0.1, -0.05) is 28.0 Å². The number of hydrogen-bond donors (Lipinski definition) is 1. The first-order valence-corrected chi connectivity index (χ1v) is 12.6. The molecule has 1 amide bonds. The van der Waals surface area contributed by atoms with E-state index in [0.717, 1.165) is 18.4 Å². The van der Waals surface area contributed by atoms with E-state index < -0.39 is 29.5 Å². The van der Waals surface area contributed by atoms with Crippen LogP contribution in [0.15, 0.2) is 33.3 Å². The third-order valence-electron chi connectivity index (χ3n) is 6.82. The average molecular weight is 533 g/mol. The number of nitrogens with one attached hydrogen (secondary N) is 1. The van der Waals surface area contributed by atoms with Crippen LogP contribution in [-0.2, 0) is 15.5 Å². The number of carbonyl (C=O) groups is 2. The molecule has 2 aromatic heterocycles. The Labute approximate surface area is 216 Å². The highest BCUT2D eigenvalue weighted by atomic mass is 35.5. The normalized spacial score (nSPS) is 16.5. The number of hydrogen-bond acceptors (Lipinski definition) is 7. The zero-order chi connectivity index (χ0) is 26.3. The Hall–Kier alpha value is -3.27. The Bertz CT molecular complexity index is 1330. The Morgan fingerprint density at radius 1 is 1.19 bits per heavy atom. The maximum Gasteiger partial charge on any atom is 0.310 e. The van der Waals surface area contributed by atoms with Gasteiger partial charge in [0.05, 0.1) is 16.4 Å². The standard InChI is InChI=1S/C26H26ClF2N3O5/c1-13-2-8-18(17(27)10-13)30-21(33)11-15(5-9-22(34)35)24-23(14-3-4-14)25(37-32-24)19-12-20(36-31-19)26(28,29)16-6-7-16/h2,8,10,12,14-16H,3-7,9,11H2,1H3,(H,30,33)(H,34,35)/p-1/t15-/m0/s1. The second-order valence-corrected chi connectivity index (χ2v) is 10.3. The summed E-state index contributed by atoms with van der Waals surface area (Å²) in [6, 6.07) is 6.40. The van der Waals surface area contributed by atoms with Crippen molar-refractivity contribution in [2.24, 2.45) is 5.92 Å². The highest BCUT2D eigenvalue weighted by Crippen LogP contribution is 2.52. The number of aliphatic carboxylic acids is 1. The minimum atomic E-state index is -3.11. The fourth-order valence-electron chi connectivity index (χ4n) is 4.52. The molecule has 0 bridgehead atoms. The van der Waals surface area contributed by atoms with Crippen LogP contribution in [0, 0.1) is 12.8 Å². The molecule has 2 heterocycles. The number of alkyl halides is 2. The summed E-state index contributed by atoms with van der Waals surface area (Å²) in [5.74, 6) is -6.39. The van der Waals surface area contributed by atoms with Crippen LogP contribution in [0.5, 0.6) is 0 Å². The van der Waals surface area contributed by atoms with Crippen LogP contribution in [0.3, 0.4) is 0 Å². The lowest BCUT2D eigenvalue weighted by Crippen LogP contribution is -2.24. The van der Waals surface area contributed by atoms with E-state index in [9.17, 15) is 23.5 Å². The lowest BCUT2D eigenvalue weighted by Gasteiger charge is -2.17. The van der Waals surface area contributed by atoms with E-state index in [1.54, 1.807) is 12.1 Å². The molecule has 0 radical (unpaired) electrons. The van der Waals surface area contributed by atoms with E-state index in [4.69, 9.17) is 20.6 Å². The number of carboxylic acids is 1. The Balaban J connectivity index is 1.42. The van der Waals surface area contributed by atoms with Crippen molar-refractivity contribution < 1.29 is 32.5 Å². The van der Waals surface area contributed by atoms with Crippen molar-refractivity contribution in [3.05, 3.63) is 51.9 Å². The van der Waals surface area contributed by atoms with Gasteiger partial charge in [0.15, 0.2) is 11.5 Å². The smallest absolute Gasteiger partial charge is 0.310 e. The van der Waals surface area contributed by atoms with Gasteiger partial charge >= 0.3 is 5.92 Å². The fourth-order valence-corrected chi connectivity index (χ4v) is 4.80. The number of aryl methyl sites for hydroxylation is 1. The van der Waals surface area contributed by atoms with E-state index in [2.05, 4.69) is 15.6 Å². The molecule has 1 aromatic carbocycles. The topological polar surface area (TPSA) is 121 Å². The molecule has 0 aliphatic heterocycles. The van der Waals surface area contributed by atoms with Crippen LogP contribution in [0.1, 0.15) is 79.4 Å². The van der Waals surface area contributed by atoms with Crippen molar-refractivity contribution in [2.45, 2.75) is 69.6 Å². The monoisotopic (exact) mass is 532 g/mol. The number of nitrogens with zero attached hydrogens (tertiary/aromatic N) is 2. The summed E-state index contributed by atoms with van der Waals surface area (Å²) in [6.45, 7) is 1.87. The van der Waals surface area contributed by atoms with Gasteiger partial charge in [-0.2, -0.15) is 8.78 Å². The summed E-state index contributed by atoms with van der Waals surface area (Å²) in [5.41, 5.74) is 2.54. The second kappa shape index (κ2) is 9.89. The summed E-state index contributed by atoms with van der Waals surface area (Å²) in [7, 11) is 0. The molecule has 3 aromatic rings. The van der Waals surface area contributed by atoms with Crippen molar-refractivity contribution >= 4 is 29.2 Å². The zero-order valence-electron chi connectivity index (χ0n) is 20.1. The van der Waals surface area contributed by atoms with E-state index in [0.29, 0.717) is 34.8 Å². The third-order valence-corrected chi connectivity index (χ3v) is 7.13. The van der Waals surface area contributed by atoms with E-state index in [1.807, 2.05) is 13.0 Å². The van der Waals surface area contributed by atoms with Crippen molar-refractivity contribution in [3.8, 4) is 11.5 Å². The van der Waals surface area contributed by atoms with Crippen LogP contribution in [0.25, 0.3) is 11.5 Å². The number of carbonyl (C=O) groups excluding carboxylic acids is 2. The molecular formula is C26H25ClF2N3O5-. The zero-order valence-corrected chi connectivity index (χ0v) is 20.8. The first-order valence-electron chi connectivity index (χ1n) is 12.2. The molecule has 0 unspecified atom stereocenters. The first-order chi connectivity index (χ1) is 17.6. The molecule has 37 heavy (non-hydrogen) atoms. The molecule has 8 nitrogen and oxygen atoms in total. The molecule has 2 fully saturated rings. The maximum atomic E-state index is 14.5. The average Bonchev–Trinajstić information content (AvgIpc) is 3.77. The van der Waals surface area contributed by atoms with Crippen LogP contribution >= 0.6 is 11.6 Å². The second-order valence-electron chi connectivity index (χ2n) is 9.90. The van der Waals surface area contributed by atoms with Gasteiger partial charge in [-0.3, -0.25) is 4.79 Å². The molecular weight excluding hydrogens is 508 g/mol.